The van der Waals surface area contributed by atoms with Gasteiger partial charge in [0.25, 0.3) is 0 Å². The quantitative estimate of drug-likeness (QED) is 0.269. The molecule has 0 saturated carbocycles. The monoisotopic (exact) mass is 500 g/mol. The Hall–Kier alpha value is -3.66. The average molecular weight is 499 g/mol. The summed E-state index contributed by atoms with van der Waals surface area (Å²) in [6.07, 6.45) is 0. The van der Waals surface area contributed by atoms with Crippen molar-refractivity contribution < 1.29 is 9.59 Å². The fourth-order valence-electron chi connectivity index (χ4n) is 3.54. The molecule has 4 nitrogen and oxygen atoms in total. The van der Waals surface area contributed by atoms with Gasteiger partial charge in [-0.15, -0.1) is 0 Å². The number of nitrogens with zero attached hydrogens (tertiary/aromatic N) is 2. The molecule has 0 fully saturated rings. The molecule has 0 spiro atoms. The zero-order chi connectivity index (χ0) is 22.9. The van der Waals surface area contributed by atoms with Crippen LogP contribution in [0.5, 0.6) is 0 Å². The molecule has 0 bridgehead atoms. The molecule has 4 rings (SSSR count). The van der Waals surface area contributed by atoms with Gasteiger partial charge in [-0.05, 0) is 0 Å². The molecule has 4 aromatic carbocycles. The Morgan fingerprint density at radius 2 is 0.697 bits per heavy atom. The Kier molecular flexibility index (Phi) is 7.70. The van der Waals surface area contributed by atoms with Gasteiger partial charge in [-0.1, -0.05) is 0 Å². The van der Waals surface area contributed by atoms with Crippen LogP contribution in [0.15, 0.2) is 121 Å². The molecule has 0 aliphatic carbocycles. The van der Waals surface area contributed by atoms with Gasteiger partial charge >= 0.3 is 201 Å². The molecule has 4 aromatic rings. The molecule has 0 heterocycles. The van der Waals surface area contributed by atoms with Crippen LogP contribution in [-0.4, -0.2) is 26.8 Å². The third kappa shape index (κ3) is 5.78. The van der Waals surface area contributed by atoms with E-state index in [0.29, 0.717) is 10.6 Å². The summed E-state index contributed by atoms with van der Waals surface area (Å²) in [7, 11) is 0. The van der Waals surface area contributed by atoms with Crippen molar-refractivity contribution in [3.05, 3.63) is 121 Å². The number of amides is 2. The van der Waals surface area contributed by atoms with E-state index in [1.807, 2.05) is 121 Å². The first-order chi connectivity index (χ1) is 16.2. The van der Waals surface area contributed by atoms with E-state index >= 15 is 0 Å². The number of hydrogen-bond acceptors (Lipinski definition) is 2. The standard InChI is InChI=1S/C28H24N2O2Se/c31-27(29(23-13-5-1-6-14-23)24-15-7-2-8-16-24)21-33-22-28(32)30(25-17-9-3-10-18-25)26-19-11-4-12-20-26/h1-20H,21-22H2. The molecular formula is C28H24N2O2Se. The molecule has 0 atom stereocenters. The summed E-state index contributed by atoms with van der Waals surface area (Å²) in [5.41, 5.74) is 3.30. The zero-order valence-electron chi connectivity index (χ0n) is 18.1. The first-order valence-electron chi connectivity index (χ1n) is 10.7. The number of anilines is 4. The molecule has 0 aromatic heterocycles. The van der Waals surface area contributed by atoms with E-state index in [1.54, 1.807) is 9.80 Å². The average Bonchev–Trinajstić information content (AvgIpc) is 2.87. The van der Waals surface area contributed by atoms with Crippen LogP contribution in [0.3, 0.4) is 0 Å². The minimum atomic E-state index is -0.183. The van der Waals surface area contributed by atoms with Crippen molar-refractivity contribution in [2.45, 2.75) is 10.6 Å². The van der Waals surface area contributed by atoms with Gasteiger partial charge < -0.3 is 0 Å². The van der Waals surface area contributed by atoms with Crippen LogP contribution in [0.4, 0.5) is 22.7 Å². The van der Waals surface area contributed by atoms with E-state index in [-0.39, 0.29) is 26.8 Å². The Labute approximate surface area is 200 Å². The third-order valence-corrected chi connectivity index (χ3v) is 6.90. The molecule has 0 aliphatic heterocycles. The molecule has 5 heteroatoms. The van der Waals surface area contributed by atoms with Crippen LogP contribution in [0, 0.1) is 0 Å². The second kappa shape index (κ2) is 11.3. The maximum atomic E-state index is 13.3. The summed E-state index contributed by atoms with van der Waals surface area (Å²) in [4.78, 5) is 30.0. The van der Waals surface area contributed by atoms with Crippen molar-refractivity contribution in [2.24, 2.45) is 0 Å². The van der Waals surface area contributed by atoms with Gasteiger partial charge in [-0.25, -0.2) is 0 Å². The molecule has 0 saturated heterocycles. The van der Waals surface area contributed by atoms with Gasteiger partial charge in [0, 0.05) is 0 Å². The summed E-state index contributed by atoms with van der Waals surface area (Å²) in [5, 5.41) is 0.667. The van der Waals surface area contributed by atoms with Crippen LogP contribution < -0.4 is 9.80 Å². The summed E-state index contributed by atoms with van der Waals surface area (Å²) in [6.45, 7) is 0. The Morgan fingerprint density at radius 3 is 0.939 bits per heavy atom. The van der Waals surface area contributed by atoms with Crippen LogP contribution in [0.2, 0.25) is 10.6 Å². The number of para-hydroxylation sites is 4. The fraction of sp³-hybridized carbons (Fsp3) is 0.0714. The van der Waals surface area contributed by atoms with E-state index in [9.17, 15) is 9.59 Å². The Morgan fingerprint density at radius 1 is 0.455 bits per heavy atom. The Balaban J connectivity index is 1.47. The van der Waals surface area contributed by atoms with Crippen LogP contribution in [0.25, 0.3) is 0 Å². The molecule has 33 heavy (non-hydrogen) atoms. The van der Waals surface area contributed by atoms with Crippen molar-refractivity contribution in [3.8, 4) is 0 Å². The van der Waals surface area contributed by atoms with E-state index < -0.39 is 0 Å². The normalized spacial score (nSPS) is 10.4. The van der Waals surface area contributed by atoms with Crippen molar-refractivity contribution in [2.75, 3.05) is 9.80 Å². The van der Waals surface area contributed by atoms with Crippen molar-refractivity contribution >= 4 is 49.5 Å². The first-order valence-corrected chi connectivity index (χ1v) is 13.1. The molecular weight excluding hydrogens is 475 g/mol. The van der Waals surface area contributed by atoms with E-state index in [1.165, 1.54) is 0 Å². The summed E-state index contributed by atoms with van der Waals surface area (Å²) in [6, 6.07) is 38.5. The number of carbonyl (C=O) groups excluding carboxylic acids is 2. The van der Waals surface area contributed by atoms with E-state index in [0.717, 1.165) is 22.7 Å². The molecule has 0 aliphatic rings. The Bertz CT molecular complexity index is 996. The van der Waals surface area contributed by atoms with E-state index in [4.69, 9.17) is 0 Å². The van der Waals surface area contributed by atoms with Crippen LogP contribution >= 0.6 is 0 Å². The van der Waals surface area contributed by atoms with E-state index in [2.05, 4.69) is 0 Å². The number of rotatable bonds is 8. The minimum absolute atomic E-state index is 0.00817. The summed E-state index contributed by atoms with van der Waals surface area (Å²) >= 11 is -0.183. The molecule has 0 N–H and O–H groups in total. The zero-order valence-corrected chi connectivity index (χ0v) is 19.8. The predicted molar refractivity (Wildman–Crippen MR) is 135 cm³/mol. The second-order valence-electron chi connectivity index (χ2n) is 7.29. The predicted octanol–water partition coefficient (Wildman–Crippen LogP) is 6.26. The van der Waals surface area contributed by atoms with Gasteiger partial charge in [0.2, 0.25) is 0 Å². The van der Waals surface area contributed by atoms with Gasteiger partial charge in [0.1, 0.15) is 0 Å². The topological polar surface area (TPSA) is 40.6 Å². The first kappa shape index (κ1) is 22.5. The van der Waals surface area contributed by atoms with Crippen molar-refractivity contribution in [1.29, 1.82) is 0 Å². The van der Waals surface area contributed by atoms with Crippen molar-refractivity contribution in [1.82, 2.24) is 0 Å². The molecule has 164 valence electrons. The fourth-order valence-corrected chi connectivity index (χ4v) is 5.03. The number of hydrogen-bond donors (Lipinski definition) is 0. The molecule has 0 unspecified atom stereocenters. The van der Waals surface area contributed by atoms with Crippen LogP contribution in [-0.2, 0) is 9.59 Å². The summed E-state index contributed by atoms with van der Waals surface area (Å²) in [5.74, 6) is -0.0163. The van der Waals surface area contributed by atoms with Gasteiger partial charge in [-0.2, -0.15) is 0 Å². The number of benzene rings is 4. The van der Waals surface area contributed by atoms with Gasteiger partial charge in [0.05, 0.1) is 0 Å². The maximum absolute atomic E-state index is 13.3. The SMILES string of the molecule is O=C(C[Se]CC(=O)N(c1ccccc1)c1ccccc1)N(c1ccccc1)c1ccccc1. The van der Waals surface area contributed by atoms with Crippen molar-refractivity contribution in [3.63, 3.8) is 0 Å². The molecule has 2 amide bonds. The van der Waals surface area contributed by atoms with Gasteiger partial charge in [0.15, 0.2) is 0 Å². The number of carbonyl (C=O) groups is 2. The summed E-state index contributed by atoms with van der Waals surface area (Å²) < 4.78 is 0. The van der Waals surface area contributed by atoms with Crippen LogP contribution in [0.1, 0.15) is 0 Å². The van der Waals surface area contributed by atoms with Gasteiger partial charge in [-0.3, -0.25) is 0 Å². The molecule has 0 radical (unpaired) electrons. The second-order valence-corrected chi connectivity index (χ2v) is 9.36. The third-order valence-electron chi connectivity index (χ3n) is 5.01.